The van der Waals surface area contributed by atoms with E-state index in [1.54, 1.807) is 6.08 Å². The lowest BCUT2D eigenvalue weighted by Gasteiger charge is -2.11. The standard InChI is InChI=1S/C26H28N2O3/c1-5-30-24-14-25-22(17(3)18(4)31-25)13-21(24)16(2)12-26(29)27-11-10-19-15-28-23-9-7-6-8-20(19)23/h6-9,12-15,28H,5,10-11H2,1-4H3,(H,27,29)/b16-12+. The number of furan rings is 1. The predicted molar refractivity (Wildman–Crippen MR) is 126 cm³/mol. The maximum absolute atomic E-state index is 12.6. The largest absolute Gasteiger partial charge is 0.493 e. The highest BCUT2D eigenvalue weighted by Gasteiger charge is 2.14. The summed E-state index contributed by atoms with van der Waals surface area (Å²) in [6.45, 7) is 9.00. The average molecular weight is 417 g/mol. The Morgan fingerprint density at radius 1 is 1.19 bits per heavy atom. The number of aromatic nitrogens is 1. The van der Waals surface area contributed by atoms with Crippen LogP contribution in [0.4, 0.5) is 0 Å². The van der Waals surface area contributed by atoms with E-state index < -0.39 is 0 Å². The number of hydrogen-bond donors (Lipinski definition) is 2. The second-order valence-corrected chi connectivity index (χ2v) is 7.79. The van der Waals surface area contributed by atoms with Gasteiger partial charge in [0.1, 0.15) is 17.1 Å². The zero-order chi connectivity index (χ0) is 22.0. The number of benzene rings is 2. The smallest absolute Gasteiger partial charge is 0.244 e. The van der Waals surface area contributed by atoms with Crippen LogP contribution in [0.3, 0.4) is 0 Å². The molecular formula is C26H28N2O3. The molecule has 0 saturated heterocycles. The van der Waals surface area contributed by atoms with Crippen molar-refractivity contribution in [2.75, 3.05) is 13.2 Å². The van der Waals surface area contributed by atoms with Gasteiger partial charge in [0, 0.05) is 46.7 Å². The molecule has 160 valence electrons. The zero-order valence-electron chi connectivity index (χ0n) is 18.5. The summed E-state index contributed by atoms with van der Waals surface area (Å²) >= 11 is 0. The summed E-state index contributed by atoms with van der Waals surface area (Å²) in [5, 5.41) is 5.24. The lowest BCUT2D eigenvalue weighted by atomic mass is 10.0. The molecule has 5 heteroatoms. The van der Waals surface area contributed by atoms with Crippen molar-refractivity contribution in [2.45, 2.75) is 34.1 Å². The van der Waals surface area contributed by atoms with Crippen molar-refractivity contribution in [3.05, 3.63) is 71.1 Å². The minimum atomic E-state index is -0.111. The quantitative estimate of drug-likeness (QED) is 0.380. The maximum atomic E-state index is 12.6. The Hall–Kier alpha value is -3.47. The van der Waals surface area contributed by atoms with Crippen LogP contribution >= 0.6 is 0 Å². The van der Waals surface area contributed by atoms with Crippen LogP contribution in [-0.4, -0.2) is 24.0 Å². The van der Waals surface area contributed by atoms with Crippen molar-refractivity contribution in [3.8, 4) is 5.75 Å². The third-order valence-corrected chi connectivity index (χ3v) is 5.72. The third kappa shape index (κ3) is 4.22. The van der Waals surface area contributed by atoms with Gasteiger partial charge in [-0.25, -0.2) is 0 Å². The monoisotopic (exact) mass is 416 g/mol. The first kappa shape index (κ1) is 20.8. The molecule has 31 heavy (non-hydrogen) atoms. The van der Waals surface area contributed by atoms with E-state index in [0.29, 0.717) is 13.2 Å². The van der Waals surface area contributed by atoms with Crippen LogP contribution in [0.1, 0.15) is 36.3 Å². The molecule has 0 bridgehead atoms. The van der Waals surface area contributed by atoms with Crippen molar-refractivity contribution >= 4 is 33.4 Å². The van der Waals surface area contributed by atoms with Gasteiger partial charge in [0.2, 0.25) is 5.91 Å². The van der Waals surface area contributed by atoms with E-state index in [1.165, 1.54) is 10.9 Å². The molecule has 0 fully saturated rings. The van der Waals surface area contributed by atoms with Gasteiger partial charge in [-0.15, -0.1) is 0 Å². The highest BCUT2D eigenvalue weighted by molar-refractivity contribution is 5.97. The molecule has 0 unspecified atom stereocenters. The number of rotatable bonds is 7. The van der Waals surface area contributed by atoms with E-state index in [4.69, 9.17) is 9.15 Å². The second kappa shape index (κ2) is 8.72. The van der Waals surface area contributed by atoms with Gasteiger partial charge in [0.15, 0.2) is 0 Å². The van der Waals surface area contributed by atoms with E-state index in [1.807, 2.05) is 52.1 Å². The van der Waals surface area contributed by atoms with Gasteiger partial charge >= 0.3 is 0 Å². The fourth-order valence-electron chi connectivity index (χ4n) is 3.94. The summed E-state index contributed by atoms with van der Waals surface area (Å²) in [7, 11) is 0. The Labute approximate surface area is 182 Å². The van der Waals surface area contributed by atoms with Crippen molar-refractivity contribution in [3.63, 3.8) is 0 Å². The summed E-state index contributed by atoms with van der Waals surface area (Å²) < 4.78 is 11.7. The SMILES string of the molecule is CCOc1cc2oc(C)c(C)c2cc1/C(C)=C/C(=O)NCCc1c[nH]c2ccccc12. The minimum absolute atomic E-state index is 0.111. The molecule has 0 atom stereocenters. The number of ether oxygens (including phenoxy) is 1. The molecule has 4 rings (SSSR count). The Balaban J connectivity index is 1.50. The van der Waals surface area contributed by atoms with Crippen molar-refractivity contribution in [1.29, 1.82) is 0 Å². The van der Waals surface area contributed by atoms with Gasteiger partial charge in [0.25, 0.3) is 0 Å². The van der Waals surface area contributed by atoms with E-state index in [9.17, 15) is 4.79 Å². The van der Waals surface area contributed by atoms with Crippen LogP contribution in [0.2, 0.25) is 0 Å². The lowest BCUT2D eigenvalue weighted by Crippen LogP contribution is -2.23. The molecule has 4 aromatic rings. The first-order chi connectivity index (χ1) is 15.0. The molecule has 1 amide bonds. The Morgan fingerprint density at radius 2 is 2.00 bits per heavy atom. The zero-order valence-corrected chi connectivity index (χ0v) is 18.5. The van der Waals surface area contributed by atoms with Gasteiger partial charge in [-0.05, 0) is 62.9 Å². The molecule has 0 aliphatic carbocycles. The molecule has 2 heterocycles. The maximum Gasteiger partial charge on any atom is 0.244 e. The summed E-state index contributed by atoms with van der Waals surface area (Å²) in [5.41, 5.74) is 5.99. The van der Waals surface area contributed by atoms with Crippen LogP contribution in [0.25, 0.3) is 27.4 Å². The highest BCUT2D eigenvalue weighted by Crippen LogP contribution is 2.35. The summed E-state index contributed by atoms with van der Waals surface area (Å²) in [6, 6.07) is 12.2. The van der Waals surface area contributed by atoms with Gasteiger partial charge in [0.05, 0.1) is 6.61 Å². The molecule has 0 radical (unpaired) electrons. The van der Waals surface area contributed by atoms with E-state index >= 15 is 0 Å². The highest BCUT2D eigenvalue weighted by atomic mass is 16.5. The number of allylic oxidation sites excluding steroid dienone is 1. The number of para-hydroxylation sites is 1. The molecule has 5 nitrogen and oxygen atoms in total. The fraction of sp³-hybridized carbons (Fsp3) is 0.269. The summed E-state index contributed by atoms with van der Waals surface area (Å²) in [4.78, 5) is 15.8. The fourth-order valence-corrected chi connectivity index (χ4v) is 3.94. The van der Waals surface area contributed by atoms with Crippen molar-refractivity contribution in [2.24, 2.45) is 0 Å². The van der Waals surface area contributed by atoms with Crippen LogP contribution < -0.4 is 10.1 Å². The molecule has 2 aromatic heterocycles. The molecule has 0 spiro atoms. The molecule has 2 N–H and O–H groups in total. The molecule has 0 aliphatic heterocycles. The molecule has 0 saturated carbocycles. The normalized spacial score (nSPS) is 11.9. The Bertz CT molecular complexity index is 1280. The van der Waals surface area contributed by atoms with Crippen LogP contribution in [0.15, 0.2) is 53.1 Å². The molecule has 0 aliphatic rings. The number of amides is 1. The van der Waals surface area contributed by atoms with Gasteiger partial charge in [-0.1, -0.05) is 18.2 Å². The first-order valence-corrected chi connectivity index (χ1v) is 10.7. The predicted octanol–water partition coefficient (Wildman–Crippen LogP) is 5.69. The average Bonchev–Trinajstić information content (AvgIpc) is 3.28. The van der Waals surface area contributed by atoms with E-state index in [0.717, 1.165) is 51.1 Å². The van der Waals surface area contributed by atoms with E-state index in [-0.39, 0.29) is 5.91 Å². The third-order valence-electron chi connectivity index (χ3n) is 5.72. The summed E-state index contributed by atoms with van der Waals surface area (Å²) in [5.74, 6) is 1.51. The van der Waals surface area contributed by atoms with Crippen molar-refractivity contribution < 1.29 is 13.9 Å². The number of nitrogens with one attached hydrogen (secondary N) is 2. The number of aryl methyl sites for hydroxylation is 2. The van der Waals surface area contributed by atoms with Crippen LogP contribution in [0, 0.1) is 13.8 Å². The number of carbonyl (C=O) groups is 1. The van der Waals surface area contributed by atoms with Gasteiger partial charge < -0.3 is 19.5 Å². The summed E-state index contributed by atoms with van der Waals surface area (Å²) in [6.07, 6.45) is 4.42. The van der Waals surface area contributed by atoms with E-state index in [2.05, 4.69) is 28.5 Å². The van der Waals surface area contributed by atoms with Crippen molar-refractivity contribution in [1.82, 2.24) is 10.3 Å². The number of H-pyrrole nitrogens is 1. The van der Waals surface area contributed by atoms with Gasteiger partial charge in [-0.3, -0.25) is 4.79 Å². The number of hydrogen-bond acceptors (Lipinski definition) is 3. The van der Waals surface area contributed by atoms with Crippen LogP contribution in [-0.2, 0) is 11.2 Å². The number of carbonyl (C=O) groups excluding carboxylic acids is 1. The Kier molecular flexibility index (Phi) is 5.85. The minimum Gasteiger partial charge on any atom is -0.493 e. The number of aromatic amines is 1. The second-order valence-electron chi connectivity index (χ2n) is 7.79. The Morgan fingerprint density at radius 3 is 2.81 bits per heavy atom. The number of fused-ring (bicyclic) bond motifs is 2. The lowest BCUT2D eigenvalue weighted by molar-refractivity contribution is -0.116. The molecular weight excluding hydrogens is 388 g/mol. The first-order valence-electron chi connectivity index (χ1n) is 10.7. The van der Waals surface area contributed by atoms with Gasteiger partial charge in [-0.2, -0.15) is 0 Å². The van der Waals surface area contributed by atoms with Crippen LogP contribution in [0.5, 0.6) is 5.75 Å². The molecule has 2 aromatic carbocycles. The topological polar surface area (TPSA) is 67.3 Å².